The van der Waals surface area contributed by atoms with Crippen LogP contribution in [-0.4, -0.2) is 44.1 Å². The molecule has 1 aromatic carbocycles. The van der Waals surface area contributed by atoms with Crippen LogP contribution in [0.3, 0.4) is 0 Å². The van der Waals surface area contributed by atoms with Crippen LogP contribution in [0.5, 0.6) is 0 Å². The van der Waals surface area contributed by atoms with E-state index in [-0.39, 0.29) is 29.9 Å². The van der Waals surface area contributed by atoms with Gasteiger partial charge in [0, 0.05) is 20.1 Å². The highest BCUT2D eigenvalue weighted by Gasteiger charge is 2.08. The molecule has 0 aliphatic heterocycles. The Balaban J connectivity index is 0.00000441. The molecule has 1 aromatic rings. The van der Waals surface area contributed by atoms with E-state index in [0.29, 0.717) is 13.0 Å². The summed E-state index contributed by atoms with van der Waals surface area (Å²) < 4.78 is 4.62. The molecule has 0 saturated carbocycles. The first-order chi connectivity index (χ1) is 10.1. The quantitative estimate of drug-likeness (QED) is 0.333. The van der Waals surface area contributed by atoms with Gasteiger partial charge in [0.25, 0.3) is 0 Å². The van der Waals surface area contributed by atoms with Gasteiger partial charge in [-0.2, -0.15) is 0 Å². The number of aliphatic imine (C=N–C) groups is 1. The number of hydrogen-bond donors (Lipinski definition) is 1. The van der Waals surface area contributed by atoms with Gasteiger partial charge in [-0.05, 0) is 25.0 Å². The van der Waals surface area contributed by atoms with Gasteiger partial charge >= 0.3 is 5.97 Å². The number of nitrogens with zero attached hydrogens (tertiary/aromatic N) is 2. The van der Waals surface area contributed by atoms with Gasteiger partial charge < -0.3 is 15.0 Å². The van der Waals surface area contributed by atoms with Crippen molar-refractivity contribution in [2.45, 2.75) is 26.8 Å². The number of ether oxygens (including phenoxy) is 1. The molecular formula is C16H26IN3O2. The third kappa shape index (κ3) is 7.11. The number of nitrogens with one attached hydrogen (secondary N) is 1. The van der Waals surface area contributed by atoms with E-state index in [2.05, 4.69) is 39.0 Å². The Hall–Kier alpha value is -1.31. The highest BCUT2D eigenvalue weighted by molar-refractivity contribution is 14.0. The zero-order chi connectivity index (χ0) is 15.7. The molecule has 0 aliphatic rings. The van der Waals surface area contributed by atoms with Crippen LogP contribution in [0.1, 0.15) is 24.5 Å². The lowest BCUT2D eigenvalue weighted by Crippen LogP contribution is -2.38. The third-order valence-electron chi connectivity index (χ3n) is 3.17. The van der Waals surface area contributed by atoms with Crippen molar-refractivity contribution in [3.8, 4) is 0 Å². The minimum Gasteiger partial charge on any atom is -0.469 e. The number of guanidine groups is 1. The number of hydrogen-bond acceptors (Lipinski definition) is 3. The lowest BCUT2D eigenvalue weighted by molar-refractivity contribution is -0.140. The van der Waals surface area contributed by atoms with Gasteiger partial charge in [-0.15, -0.1) is 24.0 Å². The van der Waals surface area contributed by atoms with E-state index in [0.717, 1.165) is 19.0 Å². The lowest BCUT2D eigenvalue weighted by Gasteiger charge is -2.23. The summed E-state index contributed by atoms with van der Waals surface area (Å²) in [5.74, 6) is 0.556. The second-order valence-corrected chi connectivity index (χ2v) is 4.84. The second kappa shape index (κ2) is 11.3. The smallest absolute Gasteiger partial charge is 0.307 e. The van der Waals surface area contributed by atoms with E-state index in [1.165, 1.54) is 18.2 Å². The average molecular weight is 419 g/mol. The maximum Gasteiger partial charge on any atom is 0.307 e. The molecule has 0 radical (unpaired) electrons. The Bertz CT molecular complexity index is 492. The number of methoxy groups -OCH3 is 1. The van der Waals surface area contributed by atoms with Crippen LogP contribution in [0.25, 0.3) is 0 Å². The van der Waals surface area contributed by atoms with E-state index in [9.17, 15) is 4.79 Å². The van der Waals surface area contributed by atoms with Gasteiger partial charge in [0.1, 0.15) is 0 Å². The zero-order valence-corrected chi connectivity index (χ0v) is 16.1. The molecule has 1 N–H and O–H groups in total. The van der Waals surface area contributed by atoms with Gasteiger partial charge in [0.05, 0.1) is 20.1 Å². The van der Waals surface area contributed by atoms with E-state index in [4.69, 9.17) is 0 Å². The van der Waals surface area contributed by atoms with Gasteiger partial charge in [-0.3, -0.25) is 9.79 Å². The van der Waals surface area contributed by atoms with Crippen LogP contribution >= 0.6 is 24.0 Å². The summed E-state index contributed by atoms with van der Waals surface area (Å²) >= 11 is 0. The fraction of sp³-hybridized carbons (Fsp3) is 0.500. The number of benzene rings is 1. The molecule has 0 aliphatic carbocycles. The third-order valence-corrected chi connectivity index (χ3v) is 3.17. The molecule has 0 aromatic heterocycles. The molecule has 22 heavy (non-hydrogen) atoms. The summed E-state index contributed by atoms with van der Waals surface area (Å²) in [7, 11) is 3.38. The summed E-state index contributed by atoms with van der Waals surface area (Å²) in [6, 6.07) is 8.29. The SMILES string of the molecule is CCNC(=NCCC(=O)OC)N(C)Cc1ccccc1C.I. The second-order valence-electron chi connectivity index (χ2n) is 4.84. The highest BCUT2D eigenvalue weighted by atomic mass is 127. The minimum atomic E-state index is -0.240. The van der Waals surface area contributed by atoms with E-state index < -0.39 is 0 Å². The monoisotopic (exact) mass is 419 g/mol. The molecule has 5 nitrogen and oxygen atoms in total. The Morgan fingerprint density at radius 3 is 2.64 bits per heavy atom. The van der Waals surface area contributed by atoms with Gasteiger partial charge in [0.15, 0.2) is 5.96 Å². The number of aryl methyl sites for hydroxylation is 1. The Morgan fingerprint density at radius 1 is 1.36 bits per heavy atom. The normalized spacial score (nSPS) is 10.6. The number of esters is 1. The van der Waals surface area contributed by atoms with Gasteiger partial charge in [-0.25, -0.2) is 0 Å². The molecule has 0 unspecified atom stereocenters. The summed E-state index contributed by atoms with van der Waals surface area (Å²) in [6.07, 6.45) is 0.295. The summed E-state index contributed by atoms with van der Waals surface area (Å²) in [4.78, 5) is 17.6. The van der Waals surface area contributed by atoms with Crippen LogP contribution in [0.15, 0.2) is 29.3 Å². The zero-order valence-electron chi connectivity index (χ0n) is 13.8. The summed E-state index contributed by atoms with van der Waals surface area (Å²) in [5, 5.41) is 3.24. The topological polar surface area (TPSA) is 53.9 Å². The fourth-order valence-electron chi connectivity index (χ4n) is 1.94. The fourth-order valence-corrected chi connectivity index (χ4v) is 1.94. The number of carbonyl (C=O) groups is 1. The van der Waals surface area contributed by atoms with Crippen molar-refractivity contribution < 1.29 is 9.53 Å². The van der Waals surface area contributed by atoms with Crippen LogP contribution < -0.4 is 5.32 Å². The molecule has 0 saturated heterocycles. The molecule has 6 heteroatoms. The molecular weight excluding hydrogens is 393 g/mol. The largest absolute Gasteiger partial charge is 0.469 e. The molecule has 124 valence electrons. The number of carbonyl (C=O) groups excluding carboxylic acids is 1. The van der Waals surface area contributed by atoms with Crippen LogP contribution in [0, 0.1) is 6.92 Å². The van der Waals surface area contributed by atoms with E-state index in [1.54, 1.807) is 0 Å². The van der Waals surface area contributed by atoms with Crippen molar-refractivity contribution in [1.29, 1.82) is 0 Å². The number of rotatable bonds is 6. The maximum atomic E-state index is 11.1. The number of halogens is 1. The van der Waals surface area contributed by atoms with Crippen molar-refractivity contribution in [1.82, 2.24) is 10.2 Å². The minimum absolute atomic E-state index is 0. The molecule has 0 heterocycles. The standard InChI is InChI=1S/C16H25N3O2.HI/c1-5-17-16(18-11-10-15(20)21-4)19(3)12-14-9-7-6-8-13(14)2;/h6-9H,5,10-12H2,1-4H3,(H,17,18);1H. The molecule has 0 bridgehead atoms. The Kier molecular flexibility index (Phi) is 10.6. The first kappa shape index (κ1) is 20.7. The summed E-state index contributed by atoms with van der Waals surface area (Å²) in [6.45, 7) is 6.11. The Morgan fingerprint density at radius 2 is 2.05 bits per heavy atom. The van der Waals surface area contributed by atoms with Crippen molar-refractivity contribution in [2.75, 3.05) is 27.2 Å². The van der Waals surface area contributed by atoms with Gasteiger partial charge in [0.2, 0.25) is 0 Å². The van der Waals surface area contributed by atoms with Crippen molar-refractivity contribution in [3.05, 3.63) is 35.4 Å². The van der Waals surface area contributed by atoms with Crippen LogP contribution in [0.2, 0.25) is 0 Å². The lowest BCUT2D eigenvalue weighted by atomic mass is 10.1. The first-order valence-electron chi connectivity index (χ1n) is 7.19. The molecule has 0 atom stereocenters. The molecule has 0 amide bonds. The van der Waals surface area contributed by atoms with E-state index in [1.807, 2.05) is 26.1 Å². The van der Waals surface area contributed by atoms with Crippen molar-refractivity contribution in [2.24, 2.45) is 4.99 Å². The summed E-state index contributed by atoms with van der Waals surface area (Å²) in [5.41, 5.74) is 2.52. The predicted molar refractivity (Wildman–Crippen MR) is 101 cm³/mol. The van der Waals surface area contributed by atoms with Crippen LogP contribution in [-0.2, 0) is 16.1 Å². The van der Waals surface area contributed by atoms with Crippen molar-refractivity contribution >= 4 is 35.9 Å². The Labute approximate surface area is 150 Å². The van der Waals surface area contributed by atoms with Crippen LogP contribution in [0.4, 0.5) is 0 Å². The molecule has 0 fully saturated rings. The molecule has 0 spiro atoms. The molecule has 1 rings (SSSR count). The predicted octanol–water partition coefficient (Wildman–Crippen LogP) is 2.57. The first-order valence-corrected chi connectivity index (χ1v) is 7.19. The van der Waals surface area contributed by atoms with Gasteiger partial charge in [-0.1, -0.05) is 24.3 Å². The van der Waals surface area contributed by atoms with Crippen molar-refractivity contribution in [3.63, 3.8) is 0 Å². The highest BCUT2D eigenvalue weighted by Crippen LogP contribution is 2.09. The van der Waals surface area contributed by atoms with E-state index >= 15 is 0 Å². The maximum absolute atomic E-state index is 11.1. The average Bonchev–Trinajstić information content (AvgIpc) is 2.48.